The van der Waals surface area contributed by atoms with Gasteiger partial charge in [0, 0.05) is 11.6 Å². The van der Waals surface area contributed by atoms with Crippen LogP contribution < -0.4 is 4.90 Å². The highest BCUT2D eigenvalue weighted by Crippen LogP contribution is 2.29. The monoisotopic (exact) mass is 439 g/mol. The first kappa shape index (κ1) is 23.5. The molecule has 1 aliphatic rings. The quantitative estimate of drug-likeness (QED) is 0.600. The Morgan fingerprint density at radius 3 is 2.38 bits per heavy atom. The van der Waals surface area contributed by atoms with Crippen molar-refractivity contribution in [3.63, 3.8) is 0 Å². The molecule has 1 saturated carbocycles. The number of nitrogens with zero attached hydrogens (tertiary/aromatic N) is 1. The molecular formula is C25H29NO6. The number of aliphatic hydroxyl groups is 1. The highest BCUT2D eigenvalue weighted by molar-refractivity contribution is 5.97. The summed E-state index contributed by atoms with van der Waals surface area (Å²) < 4.78 is 4.85. The number of benzene rings is 2. The summed E-state index contributed by atoms with van der Waals surface area (Å²) >= 11 is 0. The predicted octanol–water partition coefficient (Wildman–Crippen LogP) is 4.09. The van der Waals surface area contributed by atoms with E-state index in [1.54, 1.807) is 48.2 Å². The molecule has 0 radical (unpaired) electrons. The highest BCUT2D eigenvalue weighted by Gasteiger charge is 2.28. The zero-order chi connectivity index (χ0) is 23.1. The average molecular weight is 440 g/mol. The fourth-order valence-electron chi connectivity index (χ4n) is 4.02. The van der Waals surface area contributed by atoms with Crippen molar-refractivity contribution in [1.82, 2.24) is 0 Å². The molecule has 1 unspecified atom stereocenters. The second kappa shape index (κ2) is 10.9. The Bertz CT molecular complexity index is 949. The number of carboxylic acids is 1. The van der Waals surface area contributed by atoms with E-state index in [-0.39, 0.29) is 30.5 Å². The molecular weight excluding hydrogens is 410 g/mol. The van der Waals surface area contributed by atoms with Crippen molar-refractivity contribution in [1.29, 1.82) is 0 Å². The molecule has 0 saturated heterocycles. The van der Waals surface area contributed by atoms with Gasteiger partial charge in [0.2, 0.25) is 5.91 Å². The van der Waals surface area contributed by atoms with Gasteiger partial charge in [-0.05, 0) is 49.1 Å². The number of anilines is 1. The van der Waals surface area contributed by atoms with Gasteiger partial charge < -0.3 is 19.8 Å². The van der Waals surface area contributed by atoms with Gasteiger partial charge in [-0.1, -0.05) is 49.6 Å². The van der Waals surface area contributed by atoms with Crippen LogP contribution in [0.4, 0.5) is 5.69 Å². The van der Waals surface area contributed by atoms with E-state index in [9.17, 15) is 24.6 Å². The minimum atomic E-state index is -1.36. The smallest absolute Gasteiger partial charge is 0.339 e. The Balaban J connectivity index is 1.85. The molecule has 1 fully saturated rings. The fraction of sp³-hybridized carbons (Fsp3) is 0.400. The number of amides is 1. The number of hydrogen-bond donors (Lipinski definition) is 2. The van der Waals surface area contributed by atoms with Crippen LogP contribution in [0, 0.1) is 5.92 Å². The van der Waals surface area contributed by atoms with Crippen LogP contribution in [0.1, 0.15) is 66.6 Å². The van der Waals surface area contributed by atoms with Gasteiger partial charge in [0.25, 0.3) is 0 Å². The van der Waals surface area contributed by atoms with E-state index in [2.05, 4.69) is 0 Å². The Hall–Kier alpha value is -3.19. The number of hydrogen-bond acceptors (Lipinski definition) is 5. The zero-order valence-electron chi connectivity index (χ0n) is 18.2. The molecule has 32 heavy (non-hydrogen) atoms. The first-order valence-electron chi connectivity index (χ1n) is 11.0. The van der Waals surface area contributed by atoms with E-state index in [4.69, 9.17) is 4.74 Å². The van der Waals surface area contributed by atoms with Crippen LogP contribution in [0.15, 0.2) is 48.5 Å². The molecule has 3 rings (SSSR count). The maximum absolute atomic E-state index is 13.4. The third-order valence-corrected chi connectivity index (χ3v) is 5.77. The standard InChI is InChI=1S/C25H29NO6/c1-2-32-25(31)22(27)18-13-11-17(12-14-18)16-26(23(28)19-7-4-3-5-8-19)21-10-6-9-20(15-21)24(29)30/h6,9-15,19,22,27H,2-5,7-8,16H2,1H3,(H,29,30). The molecule has 0 aromatic heterocycles. The minimum Gasteiger partial charge on any atom is -0.478 e. The van der Waals surface area contributed by atoms with Crippen LogP contribution >= 0.6 is 0 Å². The second-order valence-corrected chi connectivity index (χ2v) is 8.01. The van der Waals surface area contributed by atoms with Crippen molar-refractivity contribution in [3.8, 4) is 0 Å². The van der Waals surface area contributed by atoms with Gasteiger partial charge in [-0.2, -0.15) is 0 Å². The van der Waals surface area contributed by atoms with Crippen LogP contribution in [-0.4, -0.2) is 34.7 Å². The maximum Gasteiger partial charge on any atom is 0.339 e. The molecule has 1 aliphatic carbocycles. The number of aromatic carboxylic acids is 1. The lowest BCUT2D eigenvalue weighted by Crippen LogP contribution is -2.36. The Labute approximate surface area is 187 Å². The molecule has 1 atom stereocenters. The summed E-state index contributed by atoms with van der Waals surface area (Å²) in [4.78, 5) is 38.2. The van der Waals surface area contributed by atoms with Crippen molar-refractivity contribution in [3.05, 3.63) is 65.2 Å². The largest absolute Gasteiger partial charge is 0.478 e. The summed E-state index contributed by atoms with van der Waals surface area (Å²) in [6, 6.07) is 13.2. The van der Waals surface area contributed by atoms with Gasteiger partial charge >= 0.3 is 11.9 Å². The van der Waals surface area contributed by atoms with E-state index in [1.165, 1.54) is 12.1 Å². The predicted molar refractivity (Wildman–Crippen MR) is 119 cm³/mol. The molecule has 2 aromatic carbocycles. The Morgan fingerprint density at radius 2 is 1.75 bits per heavy atom. The van der Waals surface area contributed by atoms with Crippen LogP contribution in [0.2, 0.25) is 0 Å². The number of carbonyl (C=O) groups excluding carboxylic acids is 2. The van der Waals surface area contributed by atoms with Crippen molar-refractivity contribution >= 4 is 23.5 Å². The van der Waals surface area contributed by atoms with Gasteiger partial charge in [0.05, 0.1) is 18.7 Å². The van der Waals surface area contributed by atoms with Crippen molar-refractivity contribution in [2.24, 2.45) is 5.92 Å². The molecule has 2 N–H and O–H groups in total. The topological polar surface area (TPSA) is 104 Å². The molecule has 7 nitrogen and oxygen atoms in total. The van der Waals surface area contributed by atoms with E-state index in [0.29, 0.717) is 11.3 Å². The zero-order valence-corrected chi connectivity index (χ0v) is 18.2. The first-order chi connectivity index (χ1) is 15.4. The third-order valence-electron chi connectivity index (χ3n) is 5.77. The van der Waals surface area contributed by atoms with E-state index < -0.39 is 18.0 Å². The molecule has 0 heterocycles. The first-order valence-corrected chi connectivity index (χ1v) is 11.0. The number of rotatable bonds is 8. The van der Waals surface area contributed by atoms with E-state index in [1.807, 2.05) is 0 Å². The summed E-state index contributed by atoms with van der Waals surface area (Å²) in [5.41, 5.74) is 1.87. The number of ether oxygens (including phenoxy) is 1. The second-order valence-electron chi connectivity index (χ2n) is 8.01. The average Bonchev–Trinajstić information content (AvgIpc) is 2.82. The van der Waals surface area contributed by atoms with Gasteiger partial charge in [-0.15, -0.1) is 0 Å². The molecule has 0 bridgehead atoms. The van der Waals surface area contributed by atoms with Crippen LogP contribution in [0.5, 0.6) is 0 Å². The SMILES string of the molecule is CCOC(=O)C(O)c1ccc(CN(C(=O)C2CCCCC2)c2cccc(C(=O)O)c2)cc1. The van der Waals surface area contributed by atoms with Gasteiger partial charge in [0.1, 0.15) is 0 Å². The van der Waals surface area contributed by atoms with Gasteiger partial charge in [0.15, 0.2) is 6.10 Å². The Morgan fingerprint density at radius 1 is 1.06 bits per heavy atom. The molecule has 2 aromatic rings. The van der Waals surface area contributed by atoms with Crippen molar-refractivity contribution in [2.75, 3.05) is 11.5 Å². The van der Waals surface area contributed by atoms with Gasteiger partial charge in [-0.3, -0.25) is 4.79 Å². The lowest BCUT2D eigenvalue weighted by molar-refractivity contribution is -0.153. The van der Waals surface area contributed by atoms with E-state index >= 15 is 0 Å². The van der Waals surface area contributed by atoms with Crippen LogP contribution in [0.3, 0.4) is 0 Å². The molecule has 7 heteroatoms. The lowest BCUT2D eigenvalue weighted by Gasteiger charge is -2.30. The van der Waals surface area contributed by atoms with E-state index in [0.717, 1.165) is 37.7 Å². The number of carboxylic acid groups (broad SMARTS) is 1. The van der Waals surface area contributed by atoms with Crippen LogP contribution in [0.25, 0.3) is 0 Å². The Kier molecular flexibility index (Phi) is 8.00. The molecule has 1 amide bonds. The summed E-state index contributed by atoms with van der Waals surface area (Å²) in [6.07, 6.45) is 3.45. The van der Waals surface area contributed by atoms with Crippen molar-refractivity contribution in [2.45, 2.75) is 51.7 Å². The number of esters is 1. The normalized spacial score (nSPS) is 15.1. The minimum absolute atomic E-state index is 0.0112. The molecule has 0 spiro atoms. The lowest BCUT2D eigenvalue weighted by atomic mass is 9.88. The summed E-state index contributed by atoms with van der Waals surface area (Å²) in [5, 5.41) is 19.5. The van der Waals surface area contributed by atoms with Gasteiger partial charge in [-0.25, -0.2) is 9.59 Å². The highest BCUT2D eigenvalue weighted by atomic mass is 16.5. The van der Waals surface area contributed by atoms with Crippen molar-refractivity contribution < 1.29 is 29.3 Å². The summed E-state index contributed by atoms with van der Waals surface area (Å²) in [5.74, 6) is -1.85. The third kappa shape index (κ3) is 5.73. The van der Waals surface area contributed by atoms with Crippen LogP contribution in [-0.2, 0) is 20.9 Å². The summed E-state index contributed by atoms with van der Waals surface area (Å²) in [7, 11) is 0. The molecule has 0 aliphatic heterocycles. The maximum atomic E-state index is 13.4. The number of carbonyl (C=O) groups is 3. The fourth-order valence-corrected chi connectivity index (χ4v) is 4.02. The molecule has 170 valence electrons. The summed E-state index contributed by atoms with van der Waals surface area (Å²) in [6.45, 7) is 2.11. The number of aliphatic hydroxyl groups excluding tert-OH is 1.